The molecule has 0 spiro atoms. The average molecular weight is 325 g/mol. The summed E-state index contributed by atoms with van der Waals surface area (Å²) in [5, 5.41) is 10.9. The molecule has 24 heavy (non-hydrogen) atoms. The Hall–Kier alpha value is -1.64. The molecule has 0 amide bonds. The van der Waals surface area contributed by atoms with E-state index in [9.17, 15) is 5.11 Å². The summed E-state index contributed by atoms with van der Waals surface area (Å²) in [5.41, 5.74) is 2.56. The first-order valence-corrected chi connectivity index (χ1v) is 8.95. The zero-order valence-corrected chi connectivity index (χ0v) is 15.7. The van der Waals surface area contributed by atoms with Gasteiger partial charge < -0.3 is 5.11 Å². The van der Waals surface area contributed by atoms with Crippen LogP contribution in [0.3, 0.4) is 0 Å². The van der Waals surface area contributed by atoms with Crippen LogP contribution in [0.5, 0.6) is 0 Å². The topological polar surface area (TPSA) is 23.5 Å². The standard InChI is InChI=1S/C22H31NO/c1-17(2)23(18(3)4)16-15-22(5,24)21-13-11-20(12-14-21)19-9-7-6-8-10-19/h6-14,17-18,24H,15-16H2,1-5H3. The minimum atomic E-state index is -0.808. The lowest BCUT2D eigenvalue weighted by molar-refractivity contribution is 0.0272. The van der Waals surface area contributed by atoms with Crippen LogP contribution in [0.15, 0.2) is 54.6 Å². The molecule has 2 aromatic carbocycles. The second-order valence-corrected chi connectivity index (χ2v) is 7.39. The molecule has 2 rings (SSSR count). The van der Waals surface area contributed by atoms with Crippen LogP contribution in [-0.2, 0) is 5.60 Å². The third kappa shape index (κ3) is 4.68. The number of rotatable bonds is 7. The van der Waals surface area contributed by atoms with Gasteiger partial charge in [-0.25, -0.2) is 0 Å². The predicted molar refractivity (Wildman–Crippen MR) is 103 cm³/mol. The first kappa shape index (κ1) is 18.7. The molecule has 0 aliphatic heterocycles. The maximum absolute atomic E-state index is 10.9. The summed E-state index contributed by atoms with van der Waals surface area (Å²) in [6.45, 7) is 11.7. The molecule has 1 unspecified atom stereocenters. The minimum absolute atomic E-state index is 0.487. The molecule has 130 valence electrons. The van der Waals surface area contributed by atoms with Gasteiger partial charge in [0.15, 0.2) is 0 Å². The fraction of sp³-hybridized carbons (Fsp3) is 0.455. The maximum atomic E-state index is 10.9. The Kier molecular flexibility index (Phi) is 6.20. The van der Waals surface area contributed by atoms with Gasteiger partial charge in [0, 0.05) is 18.6 Å². The maximum Gasteiger partial charge on any atom is 0.0880 e. The van der Waals surface area contributed by atoms with Crippen LogP contribution in [-0.4, -0.2) is 28.6 Å². The van der Waals surface area contributed by atoms with Gasteiger partial charge in [0.25, 0.3) is 0 Å². The molecule has 0 heterocycles. The average Bonchev–Trinajstić information content (AvgIpc) is 2.55. The molecule has 1 atom stereocenters. The lowest BCUT2D eigenvalue weighted by Gasteiger charge is -2.34. The Bertz CT molecular complexity index is 606. The monoisotopic (exact) mass is 325 g/mol. The van der Waals surface area contributed by atoms with Gasteiger partial charge in [-0.3, -0.25) is 4.90 Å². The van der Waals surface area contributed by atoms with E-state index in [2.05, 4.69) is 69.0 Å². The lowest BCUT2D eigenvalue weighted by Crippen LogP contribution is -2.40. The second kappa shape index (κ2) is 7.96. The van der Waals surface area contributed by atoms with Crippen LogP contribution in [0.25, 0.3) is 11.1 Å². The molecule has 2 aromatic rings. The molecule has 0 radical (unpaired) electrons. The van der Waals surface area contributed by atoms with Crippen LogP contribution < -0.4 is 0 Å². The van der Waals surface area contributed by atoms with Crippen LogP contribution >= 0.6 is 0 Å². The summed E-state index contributed by atoms with van der Waals surface area (Å²) in [6.07, 6.45) is 0.730. The van der Waals surface area contributed by atoms with E-state index in [4.69, 9.17) is 0 Å². The fourth-order valence-electron chi connectivity index (χ4n) is 3.26. The van der Waals surface area contributed by atoms with Gasteiger partial charge in [-0.05, 0) is 57.7 Å². The Balaban J connectivity index is 2.09. The van der Waals surface area contributed by atoms with Gasteiger partial charge in [0.05, 0.1) is 5.60 Å². The molecule has 0 fully saturated rings. The van der Waals surface area contributed by atoms with Crippen LogP contribution in [0.1, 0.15) is 46.6 Å². The Morgan fingerprint density at radius 1 is 0.833 bits per heavy atom. The van der Waals surface area contributed by atoms with E-state index < -0.39 is 5.60 Å². The van der Waals surface area contributed by atoms with Gasteiger partial charge in [0.2, 0.25) is 0 Å². The van der Waals surface area contributed by atoms with Crippen molar-refractivity contribution in [3.05, 3.63) is 60.2 Å². The summed E-state index contributed by atoms with van der Waals surface area (Å²) in [6, 6.07) is 19.6. The number of benzene rings is 2. The summed E-state index contributed by atoms with van der Waals surface area (Å²) < 4.78 is 0. The molecule has 1 N–H and O–H groups in total. The van der Waals surface area contributed by atoms with Crippen molar-refractivity contribution < 1.29 is 5.11 Å². The summed E-state index contributed by atoms with van der Waals surface area (Å²) in [4.78, 5) is 2.42. The summed E-state index contributed by atoms with van der Waals surface area (Å²) in [7, 11) is 0. The third-order valence-corrected chi connectivity index (χ3v) is 4.80. The lowest BCUT2D eigenvalue weighted by atomic mass is 9.90. The number of hydrogen-bond acceptors (Lipinski definition) is 2. The first-order chi connectivity index (χ1) is 11.3. The van der Waals surface area contributed by atoms with Crippen molar-refractivity contribution in [2.45, 2.75) is 58.7 Å². The van der Waals surface area contributed by atoms with Crippen molar-refractivity contribution in [1.82, 2.24) is 4.90 Å². The van der Waals surface area contributed by atoms with Crippen molar-refractivity contribution in [2.24, 2.45) is 0 Å². The Labute approximate surface area is 147 Å². The van der Waals surface area contributed by atoms with E-state index in [-0.39, 0.29) is 0 Å². The van der Waals surface area contributed by atoms with Crippen molar-refractivity contribution in [2.75, 3.05) is 6.54 Å². The highest BCUT2D eigenvalue weighted by Crippen LogP contribution is 2.28. The predicted octanol–water partition coefficient (Wildman–Crippen LogP) is 5.07. The number of nitrogens with zero attached hydrogens (tertiary/aromatic N) is 1. The Morgan fingerprint density at radius 3 is 1.83 bits per heavy atom. The minimum Gasteiger partial charge on any atom is -0.385 e. The molecular weight excluding hydrogens is 294 g/mol. The number of hydrogen-bond donors (Lipinski definition) is 1. The van der Waals surface area contributed by atoms with E-state index in [1.54, 1.807) is 0 Å². The SMILES string of the molecule is CC(C)N(CCC(C)(O)c1ccc(-c2ccccc2)cc1)C(C)C. The third-order valence-electron chi connectivity index (χ3n) is 4.80. The van der Waals surface area contributed by atoms with E-state index in [0.717, 1.165) is 18.5 Å². The quantitative estimate of drug-likeness (QED) is 0.768. The van der Waals surface area contributed by atoms with Crippen LogP contribution in [0.2, 0.25) is 0 Å². The van der Waals surface area contributed by atoms with E-state index >= 15 is 0 Å². The molecule has 0 saturated heterocycles. The van der Waals surface area contributed by atoms with Crippen molar-refractivity contribution >= 4 is 0 Å². The highest BCUT2D eigenvalue weighted by atomic mass is 16.3. The Morgan fingerprint density at radius 2 is 1.33 bits per heavy atom. The van der Waals surface area contributed by atoms with Gasteiger partial charge in [-0.15, -0.1) is 0 Å². The first-order valence-electron chi connectivity index (χ1n) is 8.95. The van der Waals surface area contributed by atoms with E-state index in [1.165, 1.54) is 11.1 Å². The van der Waals surface area contributed by atoms with Crippen molar-refractivity contribution in [3.8, 4) is 11.1 Å². The van der Waals surface area contributed by atoms with Crippen LogP contribution in [0, 0.1) is 0 Å². The smallest absolute Gasteiger partial charge is 0.0880 e. The largest absolute Gasteiger partial charge is 0.385 e. The van der Waals surface area contributed by atoms with Gasteiger partial charge in [-0.1, -0.05) is 54.6 Å². The van der Waals surface area contributed by atoms with E-state index in [0.29, 0.717) is 12.1 Å². The van der Waals surface area contributed by atoms with Gasteiger partial charge in [0.1, 0.15) is 0 Å². The molecule has 0 aliphatic carbocycles. The molecule has 0 saturated carbocycles. The van der Waals surface area contributed by atoms with Gasteiger partial charge in [-0.2, -0.15) is 0 Å². The molecule has 0 aromatic heterocycles. The zero-order chi connectivity index (χ0) is 17.7. The molecule has 0 aliphatic rings. The highest BCUT2D eigenvalue weighted by Gasteiger charge is 2.25. The second-order valence-electron chi connectivity index (χ2n) is 7.39. The van der Waals surface area contributed by atoms with E-state index in [1.807, 2.05) is 25.1 Å². The molecule has 2 heteroatoms. The molecule has 0 bridgehead atoms. The van der Waals surface area contributed by atoms with Gasteiger partial charge >= 0.3 is 0 Å². The van der Waals surface area contributed by atoms with Crippen molar-refractivity contribution in [3.63, 3.8) is 0 Å². The summed E-state index contributed by atoms with van der Waals surface area (Å²) >= 11 is 0. The highest BCUT2D eigenvalue weighted by molar-refractivity contribution is 5.63. The van der Waals surface area contributed by atoms with Crippen LogP contribution in [0.4, 0.5) is 0 Å². The normalized spacial score (nSPS) is 14.4. The fourth-order valence-corrected chi connectivity index (χ4v) is 3.26. The molecule has 2 nitrogen and oxygen atoms in total. The number of aliphatic hydroxyl groups is 1. The van der Waals surface area contributed by atoms with Crippen molar-refractivity contribution in [1.29, 1.82) is 0 Å². The molecular formula is C22H31NO. The summed E-state index contributed by atoms with van der Waals surface area (Å²) in [5.74, 6) is 0. The zero-order valence-electron chi connectivity index (χ0n) is 15.7.